The fourth-order valence-corrected chi connectivity index (χ4v) is 5.32. The maximum atomic E-state index is 13.0. The molecule has 0 aliphatic carbocycles. The first-order valence-electron chi connectivity index (χ1n) is 9.29. The Hall–Kier alpha value is -2.91. The summed E-state index contributed by atoms with van der Waals surface area (Å²) in [5, 5.41) is 6.37. The zero-order chi connectivity index (χ0) is 21.6. The molecule has 7 nitrogen and oxygen atoms in total. The van der Waals surface area contributed by atoms with Crippen molar-refractivity contribution in [1.29, 1.82) is 0 Å². The molecule has 0 spiro atoms. The van der Waals surface area contributed by atoms with Crippen LogP contribution in [-0.4, -0.2) is 30.1 Å². The lowest BCUT2D eigenvalue weighted by Gasteiger charge is -2.12. The first-order chi connectivity index (χ1) is 14.2. The van der Waals surface area contributed by atoms with E-state index >= 15 is 0 Å². The van der Waals surface area contributed by atoms with Crippen molar-refractivity contribution in [1.82, 2.24) is 14.6 Å². The molecule has 0 aliphatic heterocycles. The van der Waals surface area contributed by atoms with Gasteiger partial charge in [0.2, 0.25) is 4.96 Å². The lowest BCUT2D eigenvalue weighted by Crippen LogP contribution is -2.15. The van der Waals surface area contributed by atoms with E-state index in [0.29, 0.717) is 4.96 Å². The van der Waals surface area contributed by atoms with Crippen molar-refractivity contribution in [2.75, 3.05) is 11.8 Å². The van der Waals surface area contributed by atoms with Crippen LogP contribution >= 0.6 is 11.3 Å². The molecule has 1 N–H and O–H groups in total. The van der Waals surface area contributed by atoms with Gasteiger partial charge in [-0.3, -0.25) is 0 Å². The van der Waals surface area contributed by atoms with Crippen LogP contribution in [0.25, 0.3) is 16.2 Å². The summed E-state index contributed by atoms with van der Waals surface area (Å²) in [6, 6.07) is 9.48. The molecule has 0 saturated heterocycles. The molecule has 9 heteroatoms. The van der Waals surface area contributed by atoms with Crippen molar-refractivity contribution in [3.63, 3.8) is 0 Å². The van der Waals surface area contributed by atoms with Crippen LogP contribution in [0.1, 0.15) is 22.3 Å². The van der Waals surface area contributed by atoms with Gasteiger partial charge in [-0.1, -0.05) is 23.8 Å². The number of ether oxygens (including phenoxy) is 1. The fourth-order valence-electron chi connectivity index (χ4n) is 3.32. The number of nitrogens with zero attached hydrogens (tertiary/aromatic N) is 3. The number of fused-ring (bicyclic) bond motifs is 1. The molecule has 2 heterocycles. The number of rotatable bonds is 5. The molecule has 0 unspecified atom stereocenters. The van der Waals surface area contributed by atoms with Crippen LogP contribution in [0.5, 0.6) is 5.75 Å². The number of hydrogen-bond acceptors (Lipinski definition) is 6. The quantitative estimate of drug-likeness (QED) is 0.492. The topological polar surface area (TPSA) is 85.6 Å². The van der Waals surface area contributed by atoms with Gasteiger partial charge in [-0.25, -0.2) is 17.7 Å². The minimum absolute atomic E-state index is 0.0214. The monoisotopic (exact) mass is 442 g/mol. The van der Waals surface area contributed by atoms with Crippen LogP contribution in [0.2, 0.25) is 0 Å². The second kappa shape index (κ2) is 7.41. The Morgan fingerprint density at radius 1 is 1.03 bits per heavy atom. The Balaban J connectivity index is 1.73. The van der Waals surface area contributed by atoms with Gasteiger partial charge in [0, 0.05) is 10.9 Å². The summed E-state index contributed by atoms with van der Waals surface area (Å²) < 4.78 is 35.5. The summed E-state index contributed by atoms with van der Waals surface area (Å²) >= 11 is 1.41. The van der Waals surface area contributed by atoms with Gasteiger partial charge in [0.25, 0.3) is 16.0 Å². The van der Waals surface area contributed by atoms with E-state index in [-0.39, 0.29) is 16.6 Å². The zero-order valence-corrected chi connectivity index (χ0v) is 19.0. The molecule has 0 fully saturated rings. The Morgan fingerprint density at radius 3 is 2.47 bits per heavy atom. The molecule has 0 bridgehead atoms. The van der Waals surface area contributed by atoms with E-state index in [1.54, 1.807) is 16.6 Å². The van der Waals surface area contributed by atoms with Gasteiger partial charge in [-0.2, -0.15) is 4.98 Å². The predicted molar refractivity (Wildman–Crippen MR) is 119 cm³/mol. The lowest BCUT2D eigenvalue weighted by atomic mass is 10.0. The number of aryl methyl sites for hydroxylation is 4. The molecule has 4 rings (SSSR count). The summed E-state index contributed by atoms with van der Waals surface area (Å²) in [5.41, 5.74) is 6.00. The highest BCUT2D eigenvalue weighted by Gasteiger charge is 2.23. The van der Waals surface area contributed by atoms with Crippen molar-refractivity contribution < 1.29 is 13.2 Å². The minimum Gasteiger partial charge on any atom is -0.495 e. The van der Waals surface area contributed by atoms with Crippen molar-refractivity contribution in [2.45, 2.75) is 32.6 Å². The molecular weight excluding hydrogens is 420 g/mol. The number of benzene rings is 2. The molecule has 30 heavy (non-hydrogen) atoms. The summed E-state index contributed by atoms with van der Waals surface area (Å²) in [5.74, 6) is 0.302. The number of hydrogen-bond donors (Lipinski definition) is 1. The maximum absolute atomic E-state index is 13.0. The largest absolute Gasteiger partial charge is 0.495 e. The first-order valence-corrected chi connectivity index (χ1v) is 11.7. The third-order valence-corrected chi connectivity index (χ3v) is 7.20. The van der Waals surface area contributed by atoms with Crippen molar-refractivity contribution in [3.8, 4) is 17.0 Å². The summed E-state index contributed by atoms with van der Waals surface area (Å²) in [4.78, 5) is 5.01. The standard InChI is InChI=1S/C21H22N4O3S2/c1-12-6-7-16(15(4)8-12)17-11-29-21-22-20(23-25(17)21)24-30(26,27)19-10-14(3)13(2)9-18(19)28-5/h6-11H,1-5H3,(H,23,24). The third kappa shape index (κ3) is 3.54. The van der Waals surface area contributed by atoms with E-state index in [4.69, 9.17) is 4.74 Å². The molecule has 4 aromatic rings. The molecule has 0 amide bonds. The zero-order valence-electron chi connectivity index (χ0n) is 17.3. The fraction of sp³-hybridized carbons (Fsp3) is 0.238. The van der Waals surface area contributed by atoms with Crippen molar-refractivity contribution in [2.24, 2.45) is 0 Å². The molecule has 0 radical (unpaired) electrons. The van der Waals surface area contributed by atoms with Gasteiger partial charge in [0.1, 0.15) is 10.6 Å². The van der Waals surface area contributed by atoms with E-state index in [1.807, 2.05) is 45.2 Å². The highest BCUT2D eigenvalue weighted by molar-refractivity contribution is 7.92. The van der Waals surface area contributed by atoms with Crippen molar-refractivity contribution in [3.05, 3.63) is 58.0 Å². The van der Waals surface area contributed by atoms with Crippen LogP contribution in [0.4, 0.5) is 5.95 Å². The van der Waals surface area contributed by atoms with E-state index in [9.17, 15) is 8.42 Å². The third-order valence-electron chi connectivity index (χ3n) is 5.03. The number of nitrogens with one attached hydrogen (secondary N) is 1. The average molecular weight is 443 g/mol. The second-order valence-electron chi connectivity index (χ2n) is 7.26. The SMILES string of the molecule is COc1cc(C)c(C)cc1S(=O)(=O)Nc1nc2scc(-c3ccc(C)cc3C)n2n1. The normalized spacial score (nSPS) is 11.8. The Morgan fingerprint density at radius 2 is 1.77 bits per heavy atom. The highest BCUT2D eigenvalue weighted by Crippen LogP contribution is 2.31. The van der Waals surface area contributed by atoms with Crippen LogP contribution < -0.4 is 9.46 Å². The van der Waals surface area contributed by atoms with E-state index in [2.05, 4.69) is 20.9 Å². The number of methoxy groups -OCH3 is 1. The number of anilines is 1. The molecule has 2 aromatic heterocycles. The highest BCUT2D eigenvalue weighted by atomic mass is 32.2. The van der Waals surface area contributed by atoms with Gasteiger partial charge in [0.15, 0.2) is 0 Å². The Bertz CT molecular complexity index is 1370. The van der Waals surface area contributed by atoms with E-state index in [1.165, 1.54) is 24.0 Å². The molecule has 0 aliphatic rings. The molecule has 0 saturated carbocycles. The van der Waals surface area contributed by atoms with E-state index < -0.39 is 10.0 Å². The second-order valence-corrected chi connectivity index (χ2v) is 9.75. The minimum atomic E-state index is -3.92. The molecule has 156 valence electrons. The Labute approximate surface area is 179 Å². The van der Waals surface area contributed by atoms with Gasteiger partial charge in [-0.15, -0.1) is 16.4 Å². The van der Waals surface area contributed by atoms with Gasteiger partial charge in [-0.05, 0) is 56.5 Å². The van der Waals surface area contributed by atoms with Gasteiger partial charge in [0.05, 0.1) is 12.8 Å². The van der Waals surface area contributed by atoms with Crippen molar-refractivity contribution >= 4 is 32.3 Å². The van der Waals surface area contributed by atoms with Crippen LogP contribution in [-0.2, 0) is 10.0 Å². The van der Waals surface area contributed by atoms with Gasteiger partial charge >= 0.3 is 0 Å². The first kappa shape index (κ1) is 20.4. The molecular formula is C21H22N4O3S2. The number of thiazole rings is 1. The summed E-state index contributed by atoms with van der Waals surface area (Å²) in [7, 11) is -2.47. The molecule has 0 atom stereocenters. The smallest absolute Gasteiger partial charge is 0.267 e. The summed E-state index contributed by atoms with van der Waals surface area (Å²) in [6.07, 6.45) is 0. The summed E-state index contributed by atoms with van der Waals surface area (Å²) in [6.45, 7) is 7.85. The average Bonchev–Trinajstić information content (AvgIpc) is 3.23. The molecule has 2 aromatic carbocycles. The lowest BCUT2D eigenvalue weighted by molar-refractivity contribution is 0.402. The maximum Gasteiger partial charge on any atom is 0.267 e. The van der Waals surface area contributed by atoms with E-state index in [0.717, 1.165) is 27.9 Å². The predicted octanol–water partition coefficient (Wildman–Crippen LogP) is 4.50. The van der Waals surface area contributed by atoms with Gasteiger partial charge < -0.3 is 4.74 Å². The van der Waals surface area contributed by atoms with Crippen LogP contribution in [0.15, 0.2) is 40.6 Å². The Kier molecular flexibility index (Phi) is 5.03. The number of sulfonamides is 1. The van der Waals surface area contributed by atoms with Crippen LogP contribution in [0, 0.1) is 27.7 Å². The number of aromatic nitrogens is 3. The van der Waals surface area contributed by atoms with Crippen LogP contribution in [0.3, 0.4) is 0 Å².